The van der Waals surface area contributed by atoms with Crippen molar-refractivity contribution < 1.29 is 4.74 Å². The first-order valence-electron chi connectivity index (χ1n) is 7.59. The van der Waals surface area contributed by atoms with Crippen LogP contribution in [-0.4, -0.2) is 31.6 Å². The number of rotatable bonds is 3. The maximum absolute atomic E-state index is 6.03. The zero-order valence-corrected chi connectivity index (χ0v) is 13.0. The lowest BCUT2D eigenvalue weighted by atomic mass is 9.89. The summed E-state index contributed by atoms with van der Waals surface area (Å²) in [6, 6.07) is 7.11. The van der Waals surface area contributed by atoms with Crippen LogP contribution in [-0.2, 0) is 11.3 Å². The average molecular weight is 292 g/mol. The molecule has 1 aliphatic carbocycles. The number of hydrogen-bond donors (Lipinski definition) is 1. The van der Waals surface area contributed by atoms with Gasteiger partial charge in [-0.15, -0.1) is 11.8 Å². The summed E-state index contributed by atoms with van der Waals surface area (Å²) in [6.45, 7) is 2.45. The summed E-state index contributed by atoms with van der Waals surface area (Å²) in [6.07, 6.45) is 7.63. The molecule has 2 N–H and O–H groups in total. The second-order valence-corrected chi connectivity index (χ2v) is 6.46. The van der Waals surface area contributed by atoms with Gasteiger partial charge in [0.1, 0.15) is 0 Å². The minimum atomic E-state index is 0.418. The highest BCUT2D eigenvalue weighted by Gasteiger charge is 2.35. The molecular formula is C16H24N2OS. The molecule has 20 heavy (non-hydrogen) atoms. The Balaban J connectivity index is 1.94. The van der Waals surface area contributed by atoms with E-state index in [1.165, 1.54) is 41.8 Å². The van der Waals surface area contributed by atoms with Gasteiger partial charge in [0.05, 0.1) is 18.8 Å². The van der Waals surface area contributed by atoms with Gasteiger partial charge in [0.2, 0.25) is 0 Å². The molecule has 0 radical (unpaired) electrons. The van der Waals surface area contributed by atoms with Crippen molar-refractivity contribution >= 4 is 17.4 Å². The monoisotopic (exact) mass is 292 g/mol. The molecule has 3 nitrogen and oxygen atoms in total. The molecule has 2 atom stereocenters. The van der Waals surface area contributed by atoms with Crippen LogP contribution in [0.3, 0.4) is 0 Å². The Labute approximate surface area is 125 Å². The number of anilines is 1. The van der Waals surface area contributed by atoms with E-state index < -0.39 is 0 Å². The minimum Gasteiger partial charge on any atom is -0.374 e. The van der Waals surface area contributed by atoms with Gasteiger partial charge in [-0.3, -0.25) is 0 Å². The average Bonchev–Trinajstić information content (AvgIpc) is 2.53. The van der Waals surface area contributed by atoms with Gasteiger partial charge in [-0.25, -0.2) is 0 Å². The predicted molar refractivity (Wildman–Crippen MR) is 85.5 cm³/mol. The summed E-state index contributed by atoms with van der Waals surface area (Å²) in [7, 11) is 0. The summed E-state index contributed by atoms with van der Waals surface area (Å²) in [5.41, 5.74) is 8.66. The van der Waals surface area contributed by atoms with E-state index >= 15 is 0 Å². The number of nitrogens with two attached hydrogens (primary N) is 1. The smallest absolute Gasteiger partial charge is 0.0779 e. The Hall–Kier alpha value is -0.710. The first-order valence-corrected chi connectivity index (χ1v) is 8.82. The third-order valence-electron chi connectivity index (χ3n) is 4.57. The maximum atomic E-state index is 6.03. The minimum absolute atomic E-state index is 0.418. The second kappa shape index (κ2) is 6.37. The van der Waals surface area contributed by atoms with Crippen LogP contribution < -0.4 is 10.6 Å². The van der Waals surface area contributed by atoms with Crippen molar-refractivity contribution in [2.75, 3.05) is 24.3 Å². The van der Waals surface area contributed by atoms with Gasteiger partial charge in [-0.1, -0.05) is 18.9 Å². The lowest BCUT2D eigenvalue weighted by Crippen LogP contribution is -2.53. The Morgan fingerprint density at radius 1 is 1.35 bits per heavy atom. The molecule has 1 aromatic rings. The molecule has 2 unspecified atom stereocenters. The molecule has 3 rings (SSSR count). The molecular weight excluding hydrogens is 268 g/mol. The Kier molecular flexibility index (Phi) is 4.54. The van der Waals surface area contributed by atoms with Crippen molar-refractivity contribution in [1.29, 1.82) is 0 Å². The predicted octanol–water partition coefficient (Wildman–Crippen LogP) is 3.02. The number of nitrogens with zero attached hydrogens (tertiary/aromatic N) is 1. The molecule has 1 aromatic carbocycles. The van der Waals surface area contributed by atoms with E-state index in [0.717, 1.165) is 13.2 Å². The zero-order valence-electron chi connectivity index (χ0n) is 12.2. The van der Waals surface area contributed by atoms with Gasteiger partial charge in [0.15, 0.2) is 0 Å². The summed E-state index contributed by atoms with van der Waals surface area (Å²) in [4.78, 5) is 3.87. The molecule has 0 bridgehead atoms. The topological polar surface area (TPSA) is 38.5 Å². The molecule has 110 valence electrons. The van der Waals surface area contributed by atoms with Crippen molar-refractivity contribution in [2.45, 2.75) is 49.3 Å². The molecule has 1 heterocycles. The lowest BCUT2D eigenvalue weighted by molar-refractivity contribution is -0.00875. The number of morpholine rings is 1. The highest BCUT2D eigenvalue weighted by Crippen LogP contribution is 2.36. The summed E-state index contributed by atoms with van der Waals surface area (Å²) >= 11 is 1.79. The van der Waals surface area contributed by atoms with Gasteiger partial charge in [0.25, 0.3) is 0 Å². The third kappa shape index (κ3) is 2.57. The van der Waals surface area contributed by atoms with Crippen LogP contribution in [0.4, 0.5) is 5.69 Å². The summed E-state index contributed by atoms with van der Waals surface area (Å²) in [5, 5.41) is 0. The van der Waals surface area contributed by atoms with E-state index in [1.54, 1.807) is 11.8 Å². The van der Waals surface area contributed by atoms with E-state index in [4.69, 9.17) is 10.5 Å². The molecule has 1 aliphatic heterocycles. The molecule has 1 saturated carbocycles. The summed E-state index contributed by atoms with van der Waals surface area (Å²) in [5.74, 6) is 0. The number of fused-ring (bicyclic) bond motifs is 1. The highest BCUT2D eigenvalue weighted by atomic mass is 32.2. The number of benzene rings is 1. The van der Waals surface area contributed by atoms with Crippen LogP contribution in [0, 0.1) is 0 Å². The Morgan fingerprint density at radius 2 is 2.20 bits per heavy atom. The van der Waals surface area contributed by atoms with Gasteiger partial charge < -0.3 is 15.4 Å². The Bertz CT molecular complexity index is 464. The van der Waals surface area contributed by atoms with Gasteiger partial charge >= 0.3 is 0 Å². The molecule has 0 amide bonds. The van der Waals surface area contributed by atoms with Crippen molar-refractivity contribution in [2.24, 2.45) is 5.73 Å². The molecule has 2 aliphatic rings. The molecule has 2 fully saturated rings. The van der Waals surface area contributed by atoms with Crippen molar-refractivity contribution in [3.05, 3.63) is 23.8 Å². The van der Waals surface area contributed by atoms with E-state index in [1.807, 2.05) is 0 Å². The lowest BCUT2D eigenvalue weighted by Gasteiger charge is -2.45. The molecule has 4 heteroatoms. The van der Waals surface area contributed by atoms with Crippen LogP contribution in [0.25, 0.3) is 0 Å². The van der Waals surface area contributed by atoms with E-state index in [9.17, 15) is 0 Å². The van der Waals surface area contributed by atoms with Gasteiger partial charge in [-0.2, -0.15) is 0 Å². The number of thioether (sulfide) groups is 1. The van der Waals surface area contributed by atoms with Gasteiger partial charge in [-0.05, 0) is 31.2 Å². The quantitative estimate of drug-likeness (QED) is 0.869. The first kappa shape index (κ1) is 14.2. The fourth-order valence-corrected chi connectivity index (χ4v) is 4.26. The fourth-order valence-electron chi connectivity index (χ4n) is 3.62. The van der Waals surface area contributed by atoms with Crippen molar-refractivity contribution in [1.82, 2.24) is 0 Å². The van der Waals surface area contributed by atoms with E-state index in [0.29, 0.717) is 18.7 Å². The molecule has 0 spiro atoms. The second-order valence-electron chi connectivity index (χ2n) is 5.62. The van der Waals surface area contributed by atoms with Crippen LogP contribution in [0.5, 0.6) is 0 Å². The maximum Gasteiger partial charge on any atom is 0.0779 e. The standard InChI is InChI=1S/C16H24N2OS/c1-20-16-8-4-6-13(12(16)11-17)18-9-10-19-15-7-3-2-5-14(15)18/h4,6,8,14-15H,2-3,5,7,9-11,17H2,1H3. The first-order chi connectivity index (χ1) is 9.85. The van der Waals surface area contributed by atoms with Crippen molar-refractivity contribution in [3.63, 3.8) is 0 Å². The Morgan fingerprint density at radius 3 is 3.00 bits per heavy atom. The van der Waals surface area contributed by atoms with Crippen molar-refractivity contribution in [3.8, 4) is 0 Å². The van der Waals surface area contributed by atoms with Crippen LogP contribution in [0.2, 0.25) is 0 Å². The largest absolute Gasteiger partial charge is 0.374 e. The SMILES string of the molecule is CSc1cccc(N2CCOC3CCCCC32)c1CN. The van der Waals surface area contributed by atoms with Crippen LogP contribution >= 0.6 is 11.8 Å². The van der Waals surface area contributed by atoms with Gasteiger partial charge in [0, 0.05) is 29.2 Å². The van der Waals surface area contributed by atoms with Crippen LogP contribution in [0.1, 0.15) is 31.2 Å². The number of hydrogen-bond acceptors (Lipinski definition) is 4. The fraction of sp³-hybridized carbons (Fsp3) is 0.625. The zero-order chi connectivity index (χ0) is 13.9. The van der Waals surface area contributed by atoms with E-state index in [2.05, 4.69) is 29.4 Å². The normalized spacial score (nSPS) is 26.4. The summed E-state index contributed by atoms with van der Waals surface area (Å²) < 4.78 is 5.99. The van der Waals surface area contributed by atoms with Crippen LogP contribution in [0.15, 0.2) is 23.1 Å². The molecule has 1 saturated heterocycles. The van der Waals surface area contributed by atoms with E-state index in [-0.39, 0.29) is 0 Å². The molecule has 0 aromatic heterocycles. The highest BCUT2D eigenvalue weighted by molar-refractivity contribution is 7.98. The third-order valence-corrected chi connectivity index (χ3v) is 5.40. The number of ether oxygens (including phenoxy) is 1.